The van der Waals surface area contributed by atoms with Crippen LogP contribution in [0.2, 0.25) is 0 Å². The Labute approximate surface area is 137 Å². The first-order chi connectivity index (χ1) is 10.8. The Morgan fingerprint density at radius 1 is 0.957 bits per heavy atom. The maximum atomic E-state index is 13.0. The Bertz CT molecular complexity index is 813. The molecule has 122 valence electrons. The van der Waals surface area contributed by atoms with Crippen molar-refractivity contribution in [3.05, 3.63) is 65.2 Å². The molecule has 0 aliphatic heterocycles. The number of sulfone groups is 1. The lowest BCUT2D eigenvalue weighted by atomic mass is 10.1. The summed E-state index contributed by atoms with van der Waals surface area (Å²) in [7, 11) is -3.51. The summed E-state index contributed by atoms with van der Waals surface area (Å²) in [6, 6.07) is 14.7. The minimum absolute atomic E-state index is 0.140. The second-order valence-electron chi connectivity index (χ2n) is 6.48. The lowest BCUT2D eigenvalue weighted by Gasteiger charge is -2.09. The minimum atomic E-state index is -3.51. The summed E-state index contributed by atoms with van der Waals surface area (Å²) in [5.74, 6) is -0.264. The van der Waals surface area contributed by atoms with Crippen molar-refractivity contribution in [1.82, 2.24) is 0 Å². The third-order valence-electron chi connectivity index (χ3n) is 4.78. The van der Waals surface area contributed by atoms with Crippen LogP contribution in [0.1, 0.15) is 22.6 Å². The van der Waals surface area contributed by atoms with Gasteiger partial charge in [0.05, 0.1) is 15.7 Å². The highest BCUT2D eigenvalue weighted by Gasteiger charge is 2.68. The van der Waals surface area contributed by atoms with E-state index in [0.29, 0.717) is 4.90 Å². The highest BCUT2D eigenvalue weighted by molar-refractivity contribution is 7.92. The number of hydrogen-bond donors (Lipinski definition) is 2. The van der Waals surface area contributed by atoms with Crippen LogP contribution in [-0.4, -0.2) is 25.8 Å². The molecule has 4 nitrogen and oxygen atoms in total. The second kappa shape index (κ2) is 5.44. The van der Waals surface area contributed by atoms with E-state index in [9.17, 15) is 8.42 Å². The fraction of sp³-hybridized carbons (Fsp3) is 0.333. The van der Waals surface area contributed by atoms with Gasteiger partial charge in [-0.2, -0.15) is 0 Å². The van der Waals surface area contributed by atoms with Gasteiger partial charge in [0.1, 0.15) is 0 Å². The first-order valence-corrected chi connectivity index (χ1v) is 9.21. The number of hydrogen-bond acceptors (Lipinski definition) is 4. The van der Waals surface area contributed by atoms with Gasteiger partial charge in [0.15, 0.2) is 9.84 Å². The number of benzene rings is 2. The van der Waals surface area contributed by atoms with Gasteiger partial charge in [0.25, 0.3) is 0 Å². The van der Waals surface area contributed by atoms with Crippen molar-refractivity contribution in [2.24, 2.45) is 11.5 Å². The van der Waals surface area contributed by atoms with E-state index in [1.165, 1.54) is 0 Å². The maximum Gasteiger partial charge on any atom is 0.183 e. The van der Waals surface area contributed by atoms with Crippen LogP contribution >= 0.6 is 0 Å². The molecule has 0 aromatic heterocycles. The summed E-state index contributed by atoms with van der Waals surface area (Å²) in [5.41, 5.74) is 14.4. The van der Waals surface area contributed by atoms with Gasteiger partial charge in [-0.05, 0) is 31.5 Å². The van der Waals surface area contributed by atoms with Gasteiger partial charge in [0.2, 0.25) is 0 Å². The maximum absolute atomic E-state index is 13.0. The molecule has 0 heterocycles. The zero-order valence-corrected chi connectivity index (χ0v) is 14.2. The molecule has 3 rings (SSSR count). The van der Waals surface area contributed by atoms with Gasteiger partial charge >= 0.3 is 0 Å². The molecule has 0 bridgehead atoms. The zero-order valence-electron chi connectivity index (χ0n) is 13.4. The number of nitrogens with two attached hydrogens (primary N) is 2. The zero-order chi connectivity index (χ0) is 16.8. The van der Waals surface area contributed by atoms with E-state index in [4.69, 9.17) is 11.5 Å². The van der Waals surface area contributed by atoms with Crippen LogP contribution in [0.4, 0.5) is 0 Å². The van der Waals surface area contributed by atoms with Crippen molar-refractivity contribution in [2.45, 2.75) is 35.4 Å². The fourth-order valence-corrected chi connectivity index (χ4v) is 5.59. The molecule has 2 aromatic rings. The van der Waals surface area contributed by atoms with Crippen LogP contribution in [0.15, 0.2) is 53.4 Å². The van der Waals surface area contributed by atoms with E-state index in [2.05, 4.69) is 0 Å². The lowest BCUT2D eigenvalue weighted by molar-refractivity contribution is 0.586. The summed E-state index contributed by atoms with van der Waals surface area (Å²) < 4.78 is 26.0. The topological polar surface area (TPSA) is 86.2 Å². The van der Waals surface area contributed by atoms with Gasteiger partial charge in [-0.15, -0.1) is 0 Å². The lowest BCUT2D eigenvalue weighted by Crippen LogP contribution is -2.39. The Morgan fingerprint density at radius 2 is 1.43 bits per heavy atom. The highest BCUT2D eigenvalue weighted by Crippen LogP contribution is 2.55. The van der Waals surface area contributed by atoms with E-state index in [0.717, 1.165) is 16.7 Å². The predicted octanol–water partition coefficient (Wildman–Crippen LogP) is 1.90. The number of rotatable bonds is 4. The van der Waals surface area contributed by atoms with Crippen molar-refractivity contribution in [3.63, 3.8) is 0 Å². The van der Waals surface area contributed by atoms with Gasteiger partial charge < -0.3 is 11.5 Å². The average molecular weight is 330 g/mol. The smallest absolute Gasteiger partial charge is 0.183 e. The highest BCUT2D eigenvalue weighted by atomic mass is 32.2. The van der Waals surface area contributed by atoms with E-state index in [1.807, 2.05) is 38.1 Å². The molecule has 4 N–H and O–H groups in total. The SMILES string of the molecule is Cc1ccc([C@@H]2[C@@H](S(=O)(=O)c3ccc(C)cc3)[C@]2(N)CN)cc1. The Balaban J connectivity index is 2.01. The van der Waals surface area contributed by atoms with Crippen LogP contribution in [-0.2, 0) is 9.84 Å². The van der Waals surface area contributed by atoms with Crippen molar-refractivity contribution in [3.8, 4) is 0 Å². The molecule has 0 unspecified atom stereocenters. The fourth-order valence-electron chi connectivity index (χ4n) is 3.27. The van der Waals surface area contributed by atoms with E-state index in [-0.39, 0.29) is 12.5 Å². The van der Waals surface area contributed by atoms with E-state index in [1.54, 1.807) is 24.3 Å². The molecule has 1 aliphatic carbocycles. The first kappa shape index (κ1) is 16.2. The van der Waals surface area contributed by atoms with Crippen molar-refractivity contribution in [1.29, 1.82) is 0 Å². The molecule has 1 fully saturated rings. The van der Waals surface area contributed by atoms with Crippen molar-refractivity contribution in [2.75, 3.05) is 6.54 Å². The summed E-state index contributed by atoms with van der Waals surface area (Å²) in [6.07, 6.45) is 0. The third-order valence-corrected chi connectivity index (χ3v) is 7.09. The Morgan fingerprint density at radius 3 is 1.91 bits per heavy atom. The van der Waals surface area contributed by atoms with Gasteiger partial charge in [0, 0.05) is 12.5 Å². The Hall–Kier alpha value is -1.69. The largest absolute Gasteiger partial charge is 0.329 e. The molecule has 3 atom stereocenters. The standard InChI is InChI=1S/C18H22N2O2S/c1-12-3-7-14(8-4-12)16-17(18(16,20)11-19)23(21,22)15-9-5-13(2)6-10-15/h3-10,16-17H,11,19-20H2,1-2H3/t16-,17-,18+/m1/s1. The molecule has 1 saturated carbocycles. The molecular weight excluding hydrogens is 308 g/mol. The normalized spacial score (nSPS) is 27.0. The van der Waals surface area contributed by atoms with Gasteiger partial charge in [-0.25, -0.2) is 8.42 Å². The van der Waals surface area contributed by atoms with Crippen LogP contribution in [0.25, 0.3) is 0 Å². The average Bonchev–Trinajstić information content (AvgIpc) is 3.16. The number of aryl methyl sites for hydroxylation is 2. The molecule has 0 spiro atoms. The molecule has 2 aromatic carbocycles. The molecule has 23 heavy (non-hydrogen) atoms. The molecular formula is C18H22N2O2S. The van der Waals surface area contributed by atoms with E-state index >= 15 is 0 Å². The Kier molecular flexibility index (Phi) is 3.83. The quantitative estimate of drug-likeness (QED) is 0.896. The molecule has 0 radical (unpaired) electrons. The van der Waals surface area contributed by atoms with Crippen LogP contribution in [0, 0.1) is 13.8 Å². The van der Waals surface area contributed by atoms with Crippen LogP contribution in [0.3, 0.4) is 0 Å². The molecule has 5 heteroatoms. The van der Waals surface area contributed by atoms with Crippen LogP contribution in [0.5, 0.6) is 0 Å². The third kappa shape index (κ3) is 2.59. The molecule has 0 amide bonds. The summed E-state index contributed by atoms with van der Waals surface area (Å²) in [5, 5.41) is -0.676. The van der Waals surface area contributed by atoms with Crippen LogP contribution < -0.4 is 11.5 Å². The second-order valence-corrected chi connectivity index (χ2v) is 8.55. The predicted molar refractivity (Wildman–Crippen MR) is 92.0 cm³/mol. The summed E-state index contributed by atoms with van der Waals surface area (Å²) >= 11 is 0. The minimum Gasteiger partial charge on any atom is -0.329 e. The van der Waals surface area contributed by atoms with Crippen molar-refractivity contribution >= 4 is 9.84 Å². The first-order valence-electron chi connectivity index (χ1n) is 7.67. The monoisotopic (exact) mass is 330 g/mol. The van der Waals surface area contributed by atoms with Gasteiger partial charge in [-0.1, -0.05) is 47.5 Å². The van der Waals surface area contributed by atoms with Gasteiger partial charge in [-0.3, -0.25) is 0 Å². The summed E-state index contributed by atoms with van der Waals surface area (Å²) in [6.45, 7) is 4.06. The summed E-state index contributed by atoms with van der Waals surface area (Å²) in [4.78, 5) is 0.311. The van der Waals surface area contributed by atoms with Crippen molar-refractivity contribution < 1.29 is 8.42 Å². The van der Waals surface area contributed by atoms with E-state index < -0.39 is 20.6 Å². The molecule has 1 aliphatic rings. The molecule has 0 saturated heterocycles.